The minimum atomic E-state index is -0.550. The highest BCUT2D eigenvalue weighted by atomic mass is 16.5. The number of benzene rings is 1. The van der Waals surface area contributed by atoms with Crippen LogP contribution >= 0.6 is 0 Å². The smallest absolute Gasteiger partial charge is 0.225 e. The van der Waals surface area contributed by atoms with Crippen molar-refractivity contribution in [2.45, 2.75) is 39.3 Å². The number of piperazine rings is 1. The van der Waals surface area contributed by atoms with E-state index in [4.69, 9.17) is 4.74 Å². The second kappa shape index (κ2) is 8.49. The van der Waals surface area contributed by atoms with E-state index in [1.54, 1.807) is 7.11 Å². The molecule has 1 aromatic rings. The van der Waals surface area contributed by atoms with Crippen LogP contribution in [0.1, 0.15) is 38.8 Å². The highest BCUT2D eigenvalue weighted by molar-refractivity contribution is 5.76. The van der Waals surface area contributed by atoms with Gasteiger partial charge in [0.2, 0.25) is 5.91 Å². The Bertz CT molecular complexity index is 539. The van der Waals surface area contributed by atoms with E-state index in [0.29, 0.717) is 6.04 Å². The van der Waals surface area contributed by atoms with Crippen LogP contribution in [0.2, 0.25) is 0 Å². The maximum absolute atomic E-state index is 12.3. The van der Waals surface area contributed by atoms with Gasteiger partial charge in [0.05, 0.1) is 19.6 Å². The zero-order chi connectivity index (χ0) is 17.7. The maximum Gasteiger partial charge on any atom is 0.225 e. The van der Waals surface area contributed by atoms with Gasteiger partial charge in [0.1, 0.15) is 5.75 Å². The summed E-state index contributed by atoms with van der Waals surface area (Å²) in [6.07, 6.45) is -0.324. The van der Waals surface area contributed by atoms with Crippen molar-refractivity contribution in [2.75, 3.05) is 33.3 Å². The third-order valence-electron chi connectivity index (χ3n) is 4.94. The van der Waals surface area contributed by atoms with E-state index in [9.17, 15) is 9.90 Å². The number of carbonyl (C=O) groups excluding carboxylic acids is 1. The van der Waals surface area contributed by atoms with Crippen molar-refractivity contribution in [3.05, 3.63) is 29.8 Å². The first kappa shape index (κ1) is 18.7. The quantitative estimate of drug-likeness (QED) is 0.867. The fourth-order valence-corrected chi connectivity index (χ4v) is 3.01. The predicted octanol–water partition coefficient (Wildman–Crippen LogP) is 2.31. The van der Waals surface area contributed by atoms with Gasteiger partial charge >= 0.3 is 0 Å². The van der Waals surface area contributed by atoms with E-state index in [-0.39, 0.29) is 18.2 Å². The molecule has 2 unspecified atom stereocenters. The van der Waals surface area contributed by atoms with E-state index in [2.05, 4.69) is 24.0 Å². The van der Waals surface area contributed by atoms with Crippen molar-refractivity contribution in [1.82, 2.24) is 9.80 Å². The van der Waals surface area contributed by atoms with Gasteiger partial charge in [0, 0.05) is 32.2 Å². The number of methoxy groups -OCH3 is 1. The molecule has 1 aliphatic heterocycles. The molecule has 1 N–H and O–H groups in total. The fourth-order valence-electron chi connectivity index (χ4n) is 3.01. The highest BCUT2D eigenvalue weighted by Gasteiger charge is 2.26. The summed E-state index contributed by atoms with van der Waals surface area (Å²) in [6, 6.07) is 8.44. The van der Waals surface area contributed by atoms with Gasteiger partial charge in [-0.05, 0) is 30.5 Å². The number of aliphatic hydroxyl groups excluding tert-OH is 1. The maximum atomic E-state index is 12.3. The molecule has 0 spiro atoms. The van der Waals surface area contributed by atoms with Crippen LogP contribution in [0, 0.1) is 5.92 Å². The number of hydrogen-bond acceptors (Lipinski definition) is 4. The van der Waals surface area contributed by atoms with Crippen LogP contribution in [-0.2, 0) is 4.79 Å². The summed E-state index contributed by atoms with van der Waals surface area (Å²) in [7, 11) is 1.68. The molecule has 0 bridgehead atoms. The fraction of sp³-hybridized carbons (Fsp3) is 0.632. The molecule has 1 saturated heterocycles. The molecule has 134 valence electrons. The Morgan fingerprint density at radius 2 is 1.88 bits per heavy atom. The SMILES string of the molecule is COc1cccc(C(C)N2CCN(C(=O)CC(O)C(C)C)CC2)c1. The average molecular weight is 334 g/mol. The number of ether oxygens (including phenoxy) is 1. The van der Waals surface area contributed by atoms with Crippen LogP contribution in [0.25, 0.3) is 0 Å². The minimum absolute atomic E-state index is 0.0601. The molecule has 2 rings (SSSR count). The van der Waals surface area contributed by atoms with Gasteiger partial charge in [-0.1, -0.05) is 26.0 Å². The molecule has 1 aromatic carbocycles. The van der Waals surface area contributed by atoms with Crippen molar-refractivity contribution >= 4 is 5.91 Å². The van der Waals surface area contributed by atoms with Gasteiger partial charge < -0.3 is 14.7 Å². The molecule has 5 nitrogen and oxygen atoms in total. The first-order chi connectivity index (χ1) is 11.4. The molecule has 1 heterocycles. The van der Waals surface area contributed by atoms with E-state index in [1.165, 1.54) is 5.56 Å². The van der Waals surface area contributed by atoms with Crippen LogP contribution < -0.4 is 4.74 Å². The van der Waals surface area contributed by atoms with Crippen LogP contribution in [0.4, 0.5) is 0 Å². The number of carbonyl (C=O) groups is 1. The van der Waals surface area contributed by atoms with Gasteiger partial charge in [-0.3, -0.25) is 9.69 Å². The normalized spacial score (nSPS) is 18.5. The molecular weight excluding hydrogens is 304 g/mol. The zero-order valence-electron chi connectivity index (χ0n) is 15.2. The molecule has 1 amide bonds. The number of amides is 1. The first-order valence-electron chi connectivity index (χ1n) is 8.76. The standard InChI is InChI=1S/C19H30N2O3/c1-14(2)18(22)13-19(23)21-10-8-20(9-11-21)15(3)16-6-5-7-17(12-16)24-4/h5-7,12,14-15,18,22H,8-11,13H2,1-4H3. The molecule has 0 aromatic heterocycles. The third kappa shape index (κ3) is 4.71. The van der Waals surface area contributed by atoms with Crippen LogP contribution in [0.15, 0.2) is 24.3 Å². The van der Waals surface area contributed by atoms with E-state index < -0.39 is 6.10 Å². The van der Waals surface area contributed by atoms with Crippen molar-refractivity contribution < 1.29 is 14.6 Å². The molecule has 1 aliphatic rings. The number of rotatable bonds is 6. The Morgan fingerprint density at radius 3 is 2.46 bits per heavy atom. The monoisotopic (exact) mass is 334 g/mol. The Morgan fingerprint density at radius 1 is 1.21 bits per heavy atom. The highest BCUT2D eigenvalue weighted by Crippen LogP contribution is 2.25. The Hall–Kier alpha value is -1.59. The Kier molecular flexibility index (Phi) is 6.63. The topological polar surface area (TPSA) is 53.0 Å². The molecule has 1 fully saturated rings. The summed E-state index contributed by atoms with van der Waals surface area (Å²) in [5.74, 6) is 1.05. The molecule has 5 heteroatoms. The lowest BCUT2D eigenvalue weighted by Crippen LogP contribution is -2.49. The first-order valence-corrected chi connectivity index (χ1v) is 8.76. The summed E-state index contributed by atoms with van der Waals surface area (Å²) >= 11 is 0. The van der Waals surface area contributed by atoms with E-state index in [1.807, 2.05) is 30.9 Å². The third-order valence-corrected chi connectivity index (χ3v) is 4.94. The van der Waals surface area contributed by atoms with Crippen molar-refractivity contribution in [3.8, 4) is 5.75 Å². The van der Waals surface area contributed by atoms with Crippen molar-refractivity contribution in [2.24, 2.45) is 5.92 Å². The predicted molar refractivity (Wildman–Crippen MR) is 95.0 cm³/mol. The second-order valence-corrected chi connectivity index (χ2v) is 6.88. The molecule has 24 heavy (non-hydrogen) atoms. The lowest BCUT2D eigenvalue weighted by atomic mass is 10.0. The molecule has 0 radical (unpaired) electrons. The van der Waals surface area contributed by atoms with E-state index >= 15 is 0 Å². The Balaban J connectivity index is 1.88. The number of aliphatic hydroxyl groups is 1. The van der Waals surface area contributed by atoms with Crippen molar-refractivity contribution in [1.29, 1.82) is 0 Å². The average Bonchev–Trinajstić information content (AvgIpc) is 2.61. The lowest BCUT2D eigenvalue weighted by Gasteiger charge is -2.38. The van der Waals surface area contributed by atoms with Gasteiger partial charge in [-0.15, -0.1) is 0 Å². The van der Waals surface area contributed by atoms with Crippen LogP contribution in [0.3, 0.4) is 0 Å². The molecule has 2 atom stereocenters. The summed E-state index contributed by atoms with van der Waals surface area (Å²) in [6.45, 7) is 9.20. The summed E-state index contributed by atoms with van der Waals surface area (Å²) in [4.78, 5) is 16.5. The van der Waals surface area contributed by atoms with E-state index in [0.717, 1.165) is 31.9 Å². The summed E-state index contributed by atoms with van der Waals surface area (Å²) < 4.78 is 5.30. The molecular formula is C19H30N2O3. The van der Waals surface area contributed by atoms with Gasteiger partial charge in [0.25, 0.3) is 0 Å². The van der Waals surface area contributed by atoms with Crippen LogP contribution in [0.5, 0.6) is 5.75 Å². The number of nitrogens with zero attached hydrogens (tertiary/aromatic N) is 2. The lowest BCUT2D eigenvalue weighted by molar-refractivity contribution is -0.135. The summed E-state index contributed by atoms with van der Waals surface area (Å²) in [5, 5.41) is 9.90. The minimum Gasteiger partial charge on any atom is -0.497 e. The van der Waals surface area contributed by atoms with Gasteiger partial charge in [-0.25, -0.2) is 0 Å². The largest absolute Gasteiger partial charge is 0.497 e. The van der Waals surface area contributed by atoms with Gasteiger partial charge in [-0.2, -0.15) is 0 Å². The Labute approximate surface area is 145 Å². The summed E-state index contributed by atoms with van der Waals surface area (Å²) in [5.41, 5.74) is 1.23. The molecule has 0 aliphatic carbocycles. The zero-order valence-corrected chi connectivity index (χ0v) is 15.2. The number of hydrogen-bond donors (Lipinski definition) is 1. The molecule has 0 saturated carbocycles. The second-order valence-electron chi connectivity index (χ2n) is 6.88. The van der Waals surface area contributed by atoms with Crippen molar-refractivity contribution in [3.63, 3.8) is 0 Å². The van der Waals surface area contributed by atoms with Gasteiger partial charge in [0.15, 0.2) is 0 Å². The van der Waals surface area contributed by atoms with Crippen LogP contribution in [-0.4, -0.2) is 60.2 Å².